The number of anilines is 1. The third kappa shape index (κ3) is 4.83. The smallest absolute Gasteiger partial charge is 0.241 e. The van der Waals surface area contributed by atoms with Gasteiger partial charge < -0.3 is 9.84 Å². The van der Waals surface area contributed by atoms with E-state index in [0.29, 0.717) is 29.0 Å². The molecule has 1 N–H and O–H groups in total. The van der Waals surface area contributed by atoms with Gasteiger partial charge in [0.2, 0.25) is 17.6 Å². The highest BCUT2D eigenvalue weighted by molar-refractivity contribution is 6.33. The molecule has 29 heavy (non-hydrogen) atoms. The molecule has 0 spiro atoms. The predicted octanol–water partition coefficient (Wildman–Crippen LogP) is 4.55. The number of nitrogens with one attached hydrogen (secondary N) is 1. The lowest BCUT2D eigenvalue weighted by atomic mass is 9.96. The molecule has 0 radical (unpaired) electrons. The van der Waals surface area contributed by atoms with E-state index in [1.165, 1.54) is 0 Å². The number of hydrogen-bond donors (Lipinski definition) is 1. The standard InChI is InChI=1S/C22H23ClN4O2/c1-15-7-8-19(18(23)13-15)24-22(28)17-9-11-27(12-10-17)14-20-25-21(26-29-20)16-5-3-2-4-6-16/h2-8,13,17H,9-12,14H2,1H3,(H,24,28). The van der Waals surface area contributed by atoms with Gasteiger partial charge in [0.1, 0.15) is 0 Å². The summed E-state index contributed by atoms with van der Waals surface area (Å²) in [7, 11) is 0. The fraction of sp³-hybridized carbons (Fsp3) is 0.318. The van der Waals surface area contributed by atoms with Gasteiger partial charge in [0.05, 0.1) is 17.3 Å². The number of rotatable bonds is 5. The lowest BCUT2D eigenvalue weighted by Crippen LogP contribution is -2.37. The second-order valence-corrected chi connectivity index (χ2v) is 7.81. The molecule has 0 saturated carbocycles. The maximum Gasteiger partial charge on any atom is 0.241 e. The molecule has 0 aliphatic carbocycles. The summed E-state index contributed by atoms with van der Waals surface area (Å²) in [5.74, 6) is 1.20. The Morgan fingerprint density at radius 2 is 1.97 bits per heavy atom. The minimum Gasteiger partial charge on any atom is -0.338 e. The Balaban J connectivity index is 1.29. The third-order valence-electron chi connectivity index (χ3n) is 5.20. The average Bonchev–Trinajstić information content (AvgIpc) is 3.20. The lowest BCUT2D eigenvalue weighted by molar-refractivity contribution is -0.121. The molecule has 1 aliphatic heterocycles. The zero-order valence-corrected chi connectivity index (χ0v) is 17.0. The van der Waals surface area contributed by atoms with Crippen LogP contribution in [0.5, 0.6) is 0 Å². The van der Waals surface area contributed by atoms with Gasteiger partial charge in [-0.1, -0.05) is 53.2 Å². The van der Waals surface area contributed by atoms with Crippen LogP contribution in [0.3, 0.4) is 0 Å². The molecule has 0 bridgehead atoms. The number of nitrogens with zero attached hydrogens (tertiary/aromatic N) is 3. The van der Waals surface area contributed by atoms with Crippen molar-refractivity contribution in [3.63, 3.8) is 0 Å². The van der Waals surface area contributed by atoms with Crippen LogP contribution < -0.4 is 5.32 Å². The number of carbonyl (C=O) groups excluding carboxylic acids is 1. The van der Waals surface area contributed by atoms with Gasteiger partial charge >= 0.3 is 0 Å². The molecular formula is C22H23ClN4O2. The Hall–Kier alpha value is -2.70. The van der Waals surface area contributed by atoms with Crippen LogP contribution in [0.2, 0.25) is 5.02 Å². The summed E-state index contributed by atoms with van der Waals surface area (Å²) in [5.41, 5.74) is 2.68. The molecular weight excluding hydrogens is 388 g/mol. The van der Waals surface area contributed by atoms with E-state index in [0.717, 1.165) is 37.1 Å². The van der Waals surface area contributed by atoms with E-state index in [-0.39, 0.29) is 11.8 Å². The van der Waals surface area contributed by atoms with Crippen LogP contribution in [0.1, 0.15) is 24.3 Å². The van der Waals surface area contributed by atoms with Gasteiger partial charge in [0.25, 0.3) is 0 Å². The van der Waals surface area contributed by atoms with Crippen molar-refractivity contribution >= 4 is 23.2 Å². The summed E-state index contributed by atoms with van der Waals surface area (Å²) < 4.78 is 5.40. The van der Waals surface area contributed by atoms with E-state index in [9.17, 15) is 4.79 Å². The highest BCUT2D eigenvalue weighted by Gasteiger charge is 2.26. The molecule has 150 valence electrons. The van der Waals surface area contributed by atoms with Crippen LogP contribution in [0.25, 0.3) is 11.4 Å². The van der Waals surface area contributed by atoms with Crippen molar-refractivity contribution in [2.24, 2.45) is 5.92 Å². The van der Waals surface area contributed by atoms with Crippen molar-refractivity contribution in [3.05, 3.63) is 65.0 Å². The van der Waals surface area contributed by atoms with Gasteiger partial charge in [-0.3, -0.25) is 9.69 Å². The molecule has 7 heteroatoms. The van der Waals surface area contributed by atoms with Gasteiger partial charge in [0, 0.05) is 11.5 Å². The molecule has 0 atom stereocenters. The maximum atomic E-state index is 12.6. The van der Waals surface area contributed by atoms with Gasteiger partial charge in [-0.2, -0.15) is 4.98 Å². The number of aryl methyl sites for hydroxylation is 1. The Bertz CT molecular complexity index is 981. The van der Waals surface area contributed by atoms with Crippen molar-refractivity contribution in [1.82, 2.24) is 15.0 Å². The number of halogens is 1. The Labute approximate surface area is 174 Å². The van der Waals surface area contributed by atoms with Crippen LogP contribution in [0, 0.1) is 12.8 Å². The zero-order chi connectivity index (χ0) is 20.2. The Morgan fingerprint density at radius 1 is 1.21 bits per heavy atom. The minimum atomic E-state index is -0.0221. The number of likely N-dealkylation sites (tertiary alicyclic amines) is 1. The van der Waals surface area contributed by atoms with E-state index in [2.05, 4.69) is 20.4 Å². The van der Waals surface area contributed by atoms with E-state index >= 15 is 0 Å². The first-order valence-electron chi connectivity index (χ1n) is 9.76. The van der Waals surface area contributed by atoms with Crippen molar-refractivity contribution in [3.8, 4) is 11.4 Å². The van der Waals surface area contributed by atoms with Gasteiger partial charge in [-0.25, -0.2) is 0 Å². The summed E-state index contributed by atoms with van der Waals surface area (Å²) in [6, 6.07) is 15.4. The average molecular weight is 411 g/mol. The number of hydrogen-bond acceptors (Lipinski definition) is 5. The van der Waals surface area contributed by atoms with E-state index in [1.807, 2.05) is 55.5 Å². The summed E-state index contributed by atoms with van der Waals surface area (Å²) in [4.78, 5) is 19.3. The van der Waals surface area contributed by atoms with Crippen LogP contribution in [0.4, 0.5) is 5.69 Å². The lowest BCUT2D eigenvalue weighted by Gasteiger charge is -2.30. The molecule has 1 saturated heterocycles. The van der Waals surface area contributed by atoms with E-state index in [4.69, 9.17) is 16.1 Å². The number of amides is 1. The summed E-state index contributed by atoms with van der Waals surface area (Å²) >= 11 is 6.23. The summed E-state index contributed by atoms with van der Waals surface area (Å²) in [6.07, 6.45) is 1.57. The first-order valence-corrected chi connectivity index (χ1v) is 10.1. The van der Waals surface area contributed by atoms with Gasteiger partial charge in [-0.05, 0) is 50.6 Å². The largest absolute Gasteiger partial charge is 0.338 e. The molecule has 1 fully saturated rings. The molecule has 2 heterocycles. The highest BCUT2D eigenvalue weighted by Crippen LogP contribution is 2.26. The first kappa shape index (κ1) is 19.6. The van der Waals surface area contributed by atoms with Crippen molar-refractivity contribution < 1.29 is 9.32 Å². The van der Waals surface area contributed by atoms with Crippen LogP contribution >= 0.6 is 11.6 Å². The third-order valence-corrected chi connectivity index (χ3v) is 5.51. The molecule has 4 rings (SSSR count). The molecule has 1 amide bonds. The second-order valence-electron chi connectivity index (χ2n) is 7.40. The molecule has 0 unspecified atom stereocenters. The summed E-state index contributed by atoms with van der Waals surface area (Å²) in [6.45, 7) is 4.18. The number of piperidine rings is 1. The minimum absolute atomic E-state index is 0.0221. The zero-order valence-electron chi connectivity index (χ0n) is 16.3. The highest BCUT2D eigenvalue weighted by atomic mass is 35.5. The van der Waals surface area contributed by atoms with Crippen LogP contribution in [-0.2, 0) is 11.3 Å². The van der Waals surface area contributed by atoms with Crippen LogP contribution in [-0.4, -0.2) is 34.0 Å². The normalized spacial score (nSPS) is 15.4. The monoisotopic (exact) mass is 410 g/mol. The maximum absolute atomic E-state index is 12.6. The molecule has 1 aliphatic rings. The summed E-state index contributed by atoms with van der Waals surface area (Å²) in [5, 5.41) is 7.60. The Morgan fingerprint density at radius 3 is 2.69 bits per heavy atom. The topological polar surface area (TPSA) is 71.3 Å². The fourth-order valence-corrected chi connectivity index (χ4v) is 3.81. The van der Waals surface area contributed by atoms with Crippen LogP contribution in [0.15, 0.2) is 53.1 Å². The molecule has 1 aromatic heterocycles. The molecule has 6 nitrogen and oxygen atoms in total. The number of aromatic nitrogens is 2. The first-order chi connectivity index (χ1) is 14.1. The number of benzene rings is 2. The van der Waals surface area contributed by atoms with Crippen molar-refractivity contribution in [1.29, 1.82) is 0 Å². The second kappa shape index (κ2) is 8.76. The molecule has 3 aromatic rings. The quantitative estimate of drug-likeness (QED) is 0.668. The van der Waals surface area contributed by atoms with E-state index in [1.54, 1.807) is 0 Å². The van der Waals surface area contributed by atoms with E-state index < -0.39 is 0 Å². The SMILES string of the molecule is Cc1ccc(NC(=O)C2CCN(Cc3nc(-c4ccccc4)no3)CC2)c(Cl)c1. The van der Waals surface area contributed by atoms with Gasteiger partial charge in [0.15, 0.2) is 0 Å². The Kier molecular flexibility index (Phi) is 5.92. The van der Waals surface area contributed by atoms with Gasteiger partial charge in [-0.15, -0.1) is 0 Å². The fourth-order valence-electron chi connectivity index (χ4n) is 3.52. The molecule has 2 aromatic carbocycles. The van der Waals surface area contributed by atoms with Crippen molar-refractivity contribution in [2.45, 2.75) is 26.3 Å². The number of carbonyl (C=O) groups is 1. The predicted molar refractivity (Wildman–Crippen MR) is 113 cm³/mol. The van der Waals surface area contributed by atoms with Crippen molar-refractivity contribution in [2.75, 3.05) is 18.4 Å².